The first-order chi connectivity index (χ1) is 10.7. The van der Waals surface area contributed by atoms with Gasteiger partial charge < -0.3 is 5.11 Å². The van der Waals surface area contributed by atoms with Crippen LogP contribution in [0.4, 0.5) is 5.69 Å². The molecule has 1 aromatic rings. The molecule has 6 heteroatoms. The zero-order chi connectivity index (χ0) is 17.6. The van der Waals surface area contributed by atoms with E-state index in [0.29, 0.717) is 5.69 Å². The topological polar surface area (TPSA) is 74.7 Å². The maximum Gasteiger partial charge on any atom is 0.323 e. The van der Waals surface area contributed by atoms with Crippen molar-refractivity contribution in [1.29, 1.82) is 0 Å². The maximum atomic E-state index is 12.4. The van der Waals surface area contributed by atoms with Crippen LogP contribution in [0.25, 0.3) is 0 Å². The molecule has 0 unspecified atom stereocenters. The number of benzene rings is 1. The number of carbonyl (C=O) groups excluding carboxylic acids is 2. The molecule has 0 aliphatic heterocycles. The highest BCUT2D eigenvalue weighted by atomic mass is 32.2. The molecule has 0 aliphatic carbocycles. The van der Waals surface area contributed by atoms with E-state index >= 15 is 0 Å². The van der Waals surface area contributed by atoms with Crippen LogP contribution in [0.5, 0.6) is 0 Å². The van der Waals surface area contributed by atoms with E-state index in [1.165, 1.54) is 11.0 Å². The standard InChI is InChI=1S/C17H21NO4S/c1-11(2)8-16(22)23-10-14(19)18(9-15(20)21)17-12(3)6-5-7-13(17)4/h5-8H,9-10H2,1-4H3,(H,20,21). The molecule has 0 fully saturated rings. The molecule has 23 heavy (non-hydrogen) atoms. The number of carboxylic acid groups (broad SMARTS) is 1. The number of aliphatic carboxylic acids is 1. The summed E-state index contributed by atoms with van der Waals surface area (Å²) in [5, 5.41) is 8.88. The van der Waals surface area contributed by atoms with Crippen LogP contribution in [-0.4, -0.2) is 34.4 Å². The number of rotatable bonds is 6. The van der Waals surface area contributed by atoms with E-state index in [0.717, 1.165) is 28.5 Å². The largest absolute Gasteiger partial charge is 0.480 e. The number of nitrogens with zero attached hydrogens (tertiary/aromatic N) is 1. The van der Waals surface area contributed by atoms with Crippen molar-refractivity contribution < 1.29 is 19.5 Å². The van der Waals surface area contributed by atoms with Gasteiger partial charge in [-0.05, 0) is 44.9 Å². The number of anilines is 1. The number of allylic oxidation sites excluding steroid dienone is 1. The van der Waals surface area contributed by atoms with Gasteiger partial charge >= 0.3 is 5.97 Å². The Kier molecular flexibility index (Phi) is 7.03. The first kappa shape index (κ1) is 19.0. The van der Waals surface area contributed by atoms with Crippen molar-refractivity contribution in [3.63, 3.8) is 0 Å². The molecule has 0 aromatic heterocycles. The molecule has 1 aromatic carbocycles. The summed E-state index contributed by atoms with van der Waals surface area (Å²) in [4.78, 5) is 36.5. The van der Waals surface area contributed by atoms with E-state index in [1.807, 2.05) is 32.0 Å². The second-order valence-corrected chi connectivity index (χ2v) is 6.42. The third kappa shape index (κ3) is 5.90. The van der Waals surface area contributed by atoms with Gasteiger partial charge in [0.15, 0.2) is 0 Å². The molecule has 0 bridgehead atoms. The highest BCUT2D eigenvalue weighted by Gasteiger charge is 2.22. The van der Waals surface area contributed by atoms with Gasteiger partial charge in [0.2, 0.25) is 11.0 Å². The Bertz CT molecular complexity index is 628. The lowest BCUT2D eigenvalue weighted by Crippen LogP contribution is -2.38. The van der Waals surface area contributed by atoms with Gasteiger partial charge in [-0.15, -0.1) is 0 Å². The van der Waals surface area contributed by atoms with E-state index in [2.05, 4.69) is 0 Å². The number of hydrogen-bond donors (Lipinski definition) is 1. The number of hydrogen-bond acceptors (Lipinski definition) is 4. The zero-order valence-electron chi connectivity index (χ0n) is 13.8. The summed E-state index contributed by atoms with van der Waals surface area (Å²) < 4.78 is 0. The molecule has 1 rings (SSSR count). The lowest BCUT2D eigenvalue weighted by atomic mass is 10.1. The monoisotopic (exact) mass is 335 g/mol. The van der Waals surface area contributed by atoms with Crippen molar-refractivity contribution in [2.24, 2.45) is 0 Å². The number of aryl methyl sites for hydroxylation is 2. The fraction of sp³-hybridized carbons (Fsp3) is 0.353. The summed E-state index contributed by atoms with van der Waals surface area (Å²) in [6.07, 6.45) is 1.46. The Balaban J connectivity index is 2.99. The minimum absolute atomic E-state index is 0.0936. The molecule has 0 saturated heterocycles. The highest BCUT2D eigenvalue weighted by molar-refractivity contribution is 8.14. The van der Waals surface area contributed by atoms with Crippen LogP contribution >= 0.6 is 11.8 Å². The third-order valence-corrected chi connectivity index (χ3v) is 3.84. The Hall–Kier alpha value is -2.08. The number of para-hydroxylation sites is 1. The van der Waals surface area contributed by atoms with Gasteiger partial charge in [-0.25, -0.2) is 0 Å². The average molecular weight is 335 g/mol. The smallest absolute Gasteiger partial charge is 0.323 e. The van der Waals surface area contributed by atoms with Crippen molar-refractivity contribution >= 4 is 34.4 Å². The minimum atomic E-state index is -1.10. The molecular formula is C17H21NO4S. The lowest BCUT2D eigenvalue weighted by Gasteiger charge is -2.24. The number of carbonyl (C=O) groups is 3. The van der Waals surface area contributed by atoms with E-state index < -0.39 is 18.4 Å². The number of carboxylic acids is 1. The molecule has 0 aliphatic rings. The predicted molar refractivity (Wildman–Crippen MR) is 92.8 cm³/mol. The molecule has 0 heterocycles. The predicted octanol–water partition coefficient (Wildman–Crippen LogP) is 2.95. The molecular weight excluding hydrogens is 314 g/mol. The SMILES string of the molecule is CC(C)=CC(=O)SCC(=O)N(CC(=O)O)c1c(C)cccc1C. The van der Waals surface area contributed by atoms with Crippen molar-refractivity contribution in [2.75, 3.05) is 17.2 Å². The van der Waals surface area contributed by atoms with E-state index in [9.17, 15) is 14.4 Å². The molecule has 5 nitrogen and oxygen atoms in total. The van der Waals surface area contributed by atoms with Gasteiger partial charge in [0.25, 0.3) is 0 Å². The van der Waals surface area contributed by atoms with E-state index in [1.54, 1.807) is 13.8 Å². The molecule has 0 spiro atoms. The van der Waals surface area contributed by atoms with Crippen LogP contribution < -0.4 is 4.90 Å². The van der Waals surface area contributed by atoms with Gasteiger partial charge in [0, 0.05) is 0 Å². The van der Waals surface area contributed by atoms with Crippen molar-refractivity contribution in [2.45, 2.75) is 27.7 Å². The second-order valence-electron chi connectivity index (χ2n) is 5.44. The summed E-state index contributed by atoms with van der Waals surface area (Å²) in [7, 11) is 0. The third-order valence-electron chi connectivity index (χ3n) is 3.05. The van der Waals surface area contributed by atoms with Crippen molar-refractivity contribution in [1.82, 2.24) is 0 Å². The molecule has 0 atom stereocenters. The number of thioether (sulfide) groups is 1. The van der Waals surface area contributed by atoms with E-state index in [-0.39, 0.29) is 10.9 Å². The Labute approximate surface area is 140 Å². The Morgan fingerprint density at radius 2 is 1.74 bits per heavy atom. The fourth-order valence-electron chi connectivity index (χ4n) is 2.15. The van der Waals surface area contributed by atoms with Crippen LogP contribution in [-0.2, 0) is 14.4 Å². The van der Waals surface area contributed by atoms with Crippen LogP contribution in [0.15, 0.2) is 29.8 Å². The fourth-order valence-corrected chi connectivity index (χ4v) is 2.89. The van der Waals surface area contributed by atoms with Crippen molar-refractivity contribution in [3.8, 4) is 0 Å². The summed E-state index contributed by atoms with van der Waals surface area (Å²) >= 11 is 0.875. The van der Waals surface area contributed by atoms with Gasteiger partial charge in [-0.3, -0.25) is 19.3 Å². The second kappa shape index (κ2) is 8.53. The molecule has 0 saturated carbocycles. The van der Waals surface area contributed by atoms with Gasteiger partial charge in [-0.2, -0.15) is 0 Å². The van der Waals surface area contributed by atoms with E-state index in [4.69, 9.17) is 5.11 Å². The van der Waals surface area contributed by atoms with Crippen LogP contribution in [0.2, 0.25) is 0 Å². The summed E-state index contributed by atoms with van der Waals surface area (Å²) in [5.41, 5.74) is 3.09. The van der Waals surface area contributed by atoms with Crippen LogP contribution in [0, 0.1) is 13.8 Å². The Morgan fingerprint density at radius 1 is 1.17 bits per heavy atom. The van der Waals surface area contributed by atoms with Crippen LogP contribution in [0.1, 0.15) is 25.0 Å². The lowest BCUT2D eigenvalue weighted by molar-refractivity contribution is -0.136. The zero-order valence-corrected chi connectivity index (χ0v) is 14.6. The molecule has 124 valence electrons. The first-order valence-electron chi connectivity index (χ1n) is 7.12. The molecule has 0 radical (unpaired) electrons. The normalized spacial score (nSPS) is 10.1. The van der Waals surface area contributed by atoms with Gasteiger partial charge in [-0.1, -0.05) is 35.5 Å². The average Bonchev–Trinajstić information content (AvgIpc) is 2.42. The van der Waals surface area contributed by atoms with Crippen molar-refractivity contribution in [3.05, 3.63) is 41.0 Å². The van der Waals surface area contributed by atoms with Gasteiger partial charge in [0.1, 0.15) is 6.54 Å². The minimum Gasteiger partial charge on any atom is -0.480 e. The summed E-state index contributed by atoms with van der Waals surface area (Å²) in [6, 6.07) is 5.50. The van der Waals surface area contributed by atoms with Crippen LogP contribution in [0.3, 0.4) is 0 Å². The first-order valence-corrected chi connectivity index (χ1v) is 8.11. The molecule has 1 amide bonds. The number of amides is 1. The maximum absolute atomic E-state index is 12.4. The molecule has 1 N–H and O–H groups in total. The van der Waals surface area contributed by atoms with Gasteiger partial charge in [0.05, 0.1) is 11.4 Å². The highest BCUT2D eigenvalue weighted by Crippen LogP contribution is 2.25. The summed E-state index contributed by atoms with van der Waals surface area (Å²) in [5.74, 6) is -1.59. The summed E-state index contributed by atoms with van der Waals surface area (Å²) in [6.45, 7) is 6.82. The Morgan fingerprint density at radius 3 is 2.22 bits per heavy atom. The quantitative estimate of drug-likeness (QED) is 0.809.